The minimum Gasteiger partial charge on any atom is -0.455 e. The van der Waals surface area contributed by atoms with E-state index in [0.29, 0.717) is 45.4 Å². The number of aliphatic imine (C=N–C) groups is 2. The lowest BCUT2D eigenvalue weighted by molar-refractivity contribution is -0.134. The van der Waals surface area contributed by atoms with Crippen molar-refractivity contribution in [2.24, 2.45) is 15.7 Å². The van der Waals surface area contributed by atoms with Crippen LogP contribution in [0.15, 0.2) is 228 Å². The van der Waals surface area contributed by atoms with Crippen molar-refractivity contribution < 1.29 is 52.9 Å². The van der Waals surface area contributed by atoms with Gasteiger partial charge in [0.05, 0.1) is 61.5 Å². The Hall–Kier alpha value is -9.03. The number of amides is 4. The number of fused-ring (bicyclic) bond motifs is 4. The molecule has 4 amide bonds. The van der Waals surface area contributed by atoms with Gasteiger partial charge in [-0.1, -0.05) is 218 Å². The van der Waals surface area contributed by atoms with E-state index in [4.69, 9.17) is 46.3 Å². The zero-order chi connectivity index (χ0) is 86.5. The minimum atomic E-state index is -3.22. The highest BCUT2D eigenvalue weighted by molar-refractivity contribution is 8.24. The molecular formula is C95H114Cl4N11O11P. The summed E-state index contributed by atoms with van der Waals surface area (Å²) in [4.78, 5) is 70.2. The number of carbonyl (C=O) groups excluding carboxylic acids is 4. The second kappa shape index (κ2) is 39.9. The van der Waals surface area contributed by atoms with Crippen LogP contribution < -0.4 is 16.4 Å². The first-order valence-electron chi connectivity index (χ1n) is 42.4. The first-order chi connectivity index (χ1) is 58.4. The first-order valence-corrected chi connectivity index (χ1v) is 47.2. The van der Waals surface area contributed by atoms with Crippen molar-refractivity contribution in [1.82, 2.24) is 40.0 Å². The quantitative estimate of drug-likeness (QED) is 0.0538. The molecule has 4 fully saturated rings. The van der Waals surface area contributed by atoms with Crippen molar-refractivity contribution in [3.63, 3.8) is 0 Å². The number of ether oxygens (including phenoxy) is 4. The normalized spacial score (nSPS) is 24.2. The van der Waals surface area contributed by atoms with Gasteiger partial charge >= 0.3 is 22.8 Å². The number of halogens is 4. The van der Waals surface area contributed by atoms with Crippen LogP contribution in [0.4, 0.5) is 14.4 Å². The van der Waals surface area contributed by atoms with Crippen LogP contribution in [0.1, 0.15) is 171 Å². The summed E-state index contributed by atoms with van der Waals surface area (Å²) in [6.45, 7) is 21.1. The van der Waals surface area contributed by atoms with Gasteiger partial charge in [0.2, 0.25) is 5.91 Å². The summed E-state index contributed by atoms with van der Waals surface area (Å²) in [5, 5.41) is 24.2. The molecular weight excluding hydrogens is 1640 g/mol. The third-order valence-electron chi connectivity index (χ3n) is 23.8. The monoisotopic (exact) mass is 1760 g/mol. The fraction of sp³-hybridized carbons (Fsp3) is 0.432. The molecule has 10 aliphatic heterocycles. The van der Waals surface area contributed by atoms with E-state index in [1.165, 1.54) is 60.5 Å². The summed E-state index contributed by atoms with van der Waals surface area (Å²) in [6.07, 6.45) is 6.57. The van der Waals surface area contributed by atoms with Crippen LogP contribution >= 0.6 is 50.5 Å². The lowest BCUT2D eigenvalue weighted by Gasteiger charge is -2.39. The molecule has 4 saturated heterocycles. The minimum absolute atomic E-state index is 0.0301. The number of nitrogens with zero attached hydrogens (tertiary/aromatic N) is 8. The van der Waals surface area contributed by atoms with E-state index in [1.807, 2.05) is 119 Å². The Balaban J connectivity index is 0.000000132. The predicted molar refractivity (Wildman–Crippen MR) is 482 cm³/mol. The molecule has 8 aromatic carbocycles. The fourth-order valence-electron chi connectivity index (χ4n) is 17.8. The first kappa shape index (κ1) is 90.7. The number of nitrogens with one attached hydrogen (secondary N) is 2. The fourth-order valence-corrected chi connectivity index (χ4v) is 18.0. The van der Waals surface area contributed by atoms with E-state index >= 15 is 0 Å². The smallest absolute Gasteiger partial charge is 0.410 e. The number of hydrogen-bond acceptors (Lipinski definition) is 18. The van der Waals surface area contributed by atoms with E-state index in [2.05, 4.69) is 200 Å². The summed E-state index contributed by atoms with van der Waals surface area (Å²) in [6, 6.07) is 77.5. The second-order valence-electron chi connectivity index (χ2n) is 34.9. The average Bonchev–Trinajstić information content (AvgIpc) is 0.875. The Morgan fingerprint density at radius 1 is 0.467 bits per heavy atom. The Bertz CT molecular complexity index is 4850. The number of carbonyl (C=O) groups is 4. The van der Waals surface area contributed by atoms with Crippen LogP contribution in [-0.2, 0) is 54.0 Å². The van der Waals surface area contributed by atoms with E-state index < -0.39 is 33.7 Å². The molecule has 2 unspecified atom stereocenters. The highest BCUT2D eigenvalue weighted by Crippen LogP contribution is 2.61. The lowest BCUT2D eigenvalue weighted by Crippen LogP contribution is -2.44. The Labute approximate surface area is 736 Å². The standard InChI is InChI=1S/C27H34N2O4.2C21H23N3O.C16H14ClNO.C10H20N2O3.Cl3OP/c1-26(2,3)33-25(31)28-18-16-27(32,19-28)15-13-23(30)29-17-14-20-9-7-8-12-22(20)24(29)21-10-5-4-6-11-21;2*1-2-7-17(8-3-1)19-18-9-5-4-6-16(18)10-13-24(19)20-23-15-21(25-20)11-12-22-14-21;17-16(19)18-11-10-12-6-4-5-9-14(12)15(18)13-7-2-1-3-8-13;1-9(2,3)15-8(13)12-5-4-10(14,6-11)7-12;1-5(2,3)4/h4-12,24,32H,13-19H2,1-3H3;2*1-9,19,22H,10-15H2;1-9,15H,10-11H2;14H,4-7,11H2,1-3H3;/t24-,27?;19-,21+;19-,21-;15-;;/m0000../s1. The van der Waals surface area contributed by atoms with Gasteiger partial charge in [0, 0.05) is 78.2 Å². The van der Waals surface area contributed by atoms with Crippen LogP contribution in [0.5, 0.6) is 0 Å². The van der Waals surface area contributed by atoms with Crippen molar-refractivity contribution in [1.29, 1.82) is 0 Å². The van der Waals surface area contributed by atoms with E-state index in [-0.39, 0.29) is 78.8 Å². The third kappa shape index (κ3) is 23.3. The van der Waals surface area contributed by atoms with Gasteiger partial charge in [-0.2, -0.15) is 0 Å². The molecule has 27 heteroatoms. The van der Waals surface area contributed by atoms with E-state index in [0.717, 1.165) is 114 Å². The molecule has 10 aliphatic rings. The van der Waals surface area contributed by atoms with E-state index in [9.17, 15) is 34.0 Å². The summed E-state index contributed by atoms with van der Waals surface area (Å²) in [5.41, 5.74) is 17.4. The molecule has 22 nitrogen and oxygen atoms in total. The molecule has 6 N–H and O–H groups in total. The number of nitrogens with two attached hydrogens (primary N) is 1. The van der Waals surface area contributed by atoms with Gasteiger partial charge in [-0.25, -0.2) is 19.6 Å². The molecule has 0 saturated carbocycles. The molecule has 18 rings (SSSR count). The molecule has 10 heterocycles. The van der Waals surface area contributed by atoms with Crippen LogP contribution in [-0.4, -0.2) is 207 Å². The molecule has 648 valence electrons. The van der Waals surface area contributed by atoms with Crippen LogP contribution in [0.25, 0.3) is 0 Å². The zero-order valence-electron chi connectivity index (χ0n) is 70.5. The molecule has 0 radical (unpaired) electrons. The number of β-amino-alcohol motifs (C(OH)–C–C–N with tert-alkyl or cyclic N) is 2. The molecule has 122 heavy (non-hydrogen) atoms. The van der Waals surface area contributed by atoms with Crippen molar-refractivity contribution in [2.75, 3.05) is 98.2 Å². The van der Waals surface area contributed by atoms with Gasteiger partial charge in [-0.15, -0.1) is 0 Å². The Morgan fingerprint density at radius 2 is 0.787 bits per heavy atom. The van der Waals surface area contributed by atoms with Gasteiger partial charge in [0.1, 0.15) is 22.4 Å². The maximum Gasteiger partial charge on any atom is 0.410 e. The highest BCUT2D eigenvalue weighted by Gasteiger charge is 2.48. The summed E-state index contributed by atoms with van der Waals surface area (Å²) >= 11 is 19.6. The van der Waals surface area contributed by atoms with Crippen molar-refractivity contribution in [3.8, 4) is 0 Å². The third-order valence-corrected chi connectivity index (χ3v) is 24.0. The number of aliphatic hydroxyl groups is 2. The van der Waals surface area contributed by atoms with Crippen molar-refractivity contribution in [2.45, 2.75) is 164 Å². The summed E-state index contributed by atoms with van der Waals surface area (Å²) < 4.78 is 33.0. The molecule has 0 bridgehead atoms. The van der Waals surface area contributed by atoms with Gasteiger partial charge < -0.3 is 74.9 Å². The number of rotatable bonds is 8. The molecule has 2 spiro atoms. The maximum atomic E-state index is 13.4. The molecule has 8 aromatic rings. The molecule has 0 aliphatic carbocycles. The number of benzene rings is 8. The van der Waals surface area contributed by atoms with Crippen LogP contribution in [0.3, 0.4) is 0 Å². The number of likely N-dealkylation sites (tertiary alicyclic amines) is 2. The maximum absolute atomic E-state index is 13.4. The van der Waals surface area contributed by atoms with E-state index in [1.54, 1.807) is 9.80 Å². The summed E-state index contributed by atoms with van der Waals surface area (Å²) in [5.74, 6) is 0.0301. The van der Waals surface area contributed by atoms with Gasteiger partial charge in [-0.3, -0.25) is 14.2 Å². The van der Waals surface area contributed by atoms with Gasteiger partial charge in [0.25, 0.3) is 12.0 Å². The Kier molecular flexibility index (Phi) is 29.6. The second-order valence-corrected chi connectivity index (χ2v) is 41.9. The summed E-state index contributed by atoms with van der Waals surface area (Å²) in [7, 11) is 0. The van der Waals surface area contributed by atoms with Gasteiger partial charge in [-0.05, 0) is 212 Å². The molecule has 8 atom stereocenters. The topological polar surface area (TPSA) is 257 Å². The largest absolute Gasteiger partial charge is 0.455 e. The lowest BCUT2D eigenvalue weighted by atomic mass is 9.87. The van der Waals surface area contributed by atoms with Crippen LogP contribution in [0.2, 0.25) is 0 Å². The van der Waals surface area contributed by atoms with Crippen LogP contribution in [0, 0.1) is 0 Å². The molecule has 0 aromatic heterocycles. The van der Waals surface area contributed by atoms with Crippen molar-refractivity contribution >= 4 is 86.0 Å². The highest BCUT2D eigenvalue weighted by atomic mass is 36.0. The van der Waals surface area contributed by atoms with Gasteiger partial charge in [0.15, 0.2) is 0 Å². The van der Waals surface area contributed by atoms with Crippen molar-refractivity contribution in [3.05, 3.63) is 285 Å². The predicted octanol–water partition coefficient (Wildman–Crippen LogP) is 16.9. The average molecular weight is 1760 g/mol. The zero-order valence-corrected chi connectivity index (χ0v) is 74.4. The Morgan fingerprint density at radius 3 is 1.13 bits per heavy atom. The number of amidine groups is 2. The number of hydrogen-bond donors (Lipinski definition) is 5. The SMILES string of the molecule is CC(C)(C)OC(=O)N1CCC(O)(CCC(=O)N2CCc3ccccc3[C@@H]2c2ccccc2)C1.CC(C)(C)OC(=O)N1CCC(O)(CN)C1.O=C(Cl)N1CCc2ccccc2[C@@H]1c1ccccc1.O=P(Cl)(Cl)Cl.c1ccc([C@H]2c3ccccc3CCN2C2=NC[C@@]3(CCNC3)O2)cc1.c1ccc([C@H]2c3ccccc3CCN2C2=NC[C@]3(CCNC3)O2)cc1.